The highest BCUT2D eigenvalue weighted by molar-refractivity contribution is 5.28. The minimum absolute atomic E-state index is 0.627. The van der Waals surface area contributed by atoms with E-state index in [-0.39, 0.29) is 0 Å². The molecular formula is C14H20N4O2. The molecule has 1 aromatic carbocycles. The third-order valence-electron chi connectivity index (χ3n) is 2.69. The number of para-hydroxylation sites is 1. The summed E-state index contributed by atoms with van der Waals surface area (Å²) in [5, 5.41) is 11.9. The van der Waals surface area contributed by atoms with Crippen LogP contribution in [0.1, 0.15) is 5.69 Å². The number of rotatable bonds is 9. The van der Waals surface area contributed by atoms with Gasteiger partial charge in [0, 0.05) is 20.2 Å². The summed E-state index contributed by atoms with van der Waals surface area (Å²) >= 11 is 0. The summed E-state index contributed by atoms with van der Waals surface area (Å²) in [6.07, 6.45) is 1.77. The van der Waals surface area contributed by atoms with Gasteiger partial charge in [0.25, 0.3) is 0 Å². The molecule has 20 heavy (non-hydrogen) atoms. The topological polar surface area (TPSA) is 61.2 Å². The van der Waals surface area contributed by atoms with E-state index in [4.69, 9.17) is 9.47 Å². The quantitative estimate of drug-likeness (QED) is 0.693. The molecule has 0 atom stereocenters. The van der Waals surface area contributed by atoms with E-state index in [0.29, 0.717) is 26.4 Å². The fourth-order valence-electron chi connectivity index (χ4n) is 1.67. The molecule has 0 aliphatic carbocycles. The minimum Gasteiger partial charge on any atom is -0.382 e. The maximum absolute atomic E-state index is 5.36. The molecule has 1 heterocycles. The van der Waals surface area contributed by atoms with E-state index in [9.17, 15) is 0 Å². The van der Waals surface area contributed by atoms with Gasteiger partial charge in [0.15, 0.2) is 0 Å². The Morgan fingerprint density at radius 2 is 2.00 bits per heavy atom. The number of nitrogens with one attached hydrogen (secondary N) is 1. The lowest BCUT2D eigenvalue weighted by Crippen LogP contribution is -2.20. The lowest BCUT2D eigenvalue weighted by Gasteiger charge is -2.04. The third kappa shape index (κ3) is 4.73. The number of hydrogen-bond donors (Lipinski definition) is 1. The van der Waals surface area contributed by atoms with Gasteiger partial charge in [0.05, 0.1) is 37.4 Å². The van der Waals surface area contributed by atoms with Gasteiger partial charge in [-0.2, -0.15) is 15.0 Å². The summed E-state index contributed by atoms with van der Waals surface area (Å²) in [5.41, 5.74) is 1.87. The Hall–Kier alpha value is -1.76. The third-order valence-corrected chi connectivity index (χ3v) is 2.69. The number of ether oxygens (including phenoxy) is 2. The van der Waals surface area contributed by atoms with Crippen molar-refractivity contribution in [2.24, 2.45) is 0 Å². The summed E-state index contributed by atoms with van der Waals surface area (Å²) in [4.78, 5) is 1.63. The second-order valence-electron chi connectivity index (χ2n) is 4.24. The predicted octanol–water partition coefficient (Wildman–Crippen LogP) is 1.02. The molecule has 0 saturated heterocycles. The van der Waals surface area contributed by atoms with Gasteiger partial charge in [0.2, 0.25) is 0 Å². The monoisotopic (exact) mass is 276 g/mol. The molecule has 0 spiro atoms. The van der Waals surface area contributed by atoms with Gasteiger partial charge in [0.1, 0.15) is 0 Å². The Kier molecular flexibility index (Phi) is 6.16. The molecule has 0 aliphatic rings. The van der Waals surface area contributed by atoms with E-state index in [2.05, 4.69) is 15.5 Å². The summed E-state index contributed by atoms with van der Waals surface area (Å²) in [6.45, 7) is 3.38. The molecule has 0 aliphatic heterocycles. The average molecular weight is 276 g/mol. The van der Waals surface area contributed by atoms with Crippen molar-refractivity contribution < 1.29 is 9.47 Å². The first-order valence-electron chi connectivity index (χ1n) is 6.64. The van der Waals surface area contributed by atoms with E-state index >= 15 is 0 Å². The maximum atomic E-state index is 5.36. The number of methoxy groups -OCH3 is 1. The molecule has 2 aromatic rings. The van der Waals surface area contributed by atoms with E-state index in [1.54, 1.807) is 18.1 Å². The highest BCUT2D eigenvalue weighted by Crippen LogP contribution is 2.03. The van der Waals surface area contributed by atoms with Crippen molar-refractivity contribution >= 4 is 0 Å². The highest BCUT2D eigenvalue weighted by Gasteiger charge is 2.01. The summed E-state index contributed by atoms with van der Waals surface area (Å²) < 4.78 is 10.3. The van der Waals surface area contributed by atoms with Crippen LogP contribution in [0.15, 0.2) is 36.5 Å². The predicted molar refractivity (Wildman–Crippen MR) is 75.8 cm³/mol. The second-order valence-corrected chi connectivity index (χ2v) is 4.24. The Balaban J connectivity index is 1.69. The van der Waals surface area contributed by atoms with Crippen molar-refractivity contribution in [3.8, 4) is 5.69 Å². The molecule has 0 unspecified atom stereocenters. The zero-order valence-electron chi connectivity index (χ0n) is 11.7. The first-order chi connectivity index (χ1) is 9.90. The minimum atomic E-state index is 0.627. The van der Waals surface area contributed by atoms with Crippen molar-refractivity contribution in [2.45, 2.75) is 6.54 Å². The summed E-state index contributed by atoms with van der Waals surface area (Å²) in [7, 11) is 1.66. The molecule has 1 N–H and O–H groups in total. The Bertz CT molecular complexity index is 487. The van der Waals surface area contributed by atoms with Crippen LogP contribution in [-0.2, 0) is 16.0 Å². The molecule has 0 bridgehead atoms. The van der Waals surface area contributed by atoms with Crippen LogP contribution in [0.3, 0.4) is 0 Å². The standard InChI is InChI=1S/C14H20N4O2/c1-19-9-10-20-8-7-15-11-13-12-16-18(17-13)14-5-3-2-4-6-14/h2-6,12,15H,7-11H2,1H3. The lowest BCUT2D eigenvalue weighted by molar-refractivity contribution is 0.0719. The van der Waals surface area contributed by atoms with E-state index in [0.717, 1.165) is 17.9 Å². The van der Waals surface area contributed by atoms with Gasteiger partial charge in [-0.1, -0.05) is 18.2 Å². The summed E-state index contributed by atoms with van der Waals surface area (Å²) in [5.74, 6) is 0. The molecular weight excluding hydrogens is 256 g/mol. The van der Waals surface area contributed by atoms with Gasteiger partial charge < -0.3 is 14.8 Å². The maximum Gasteiger partial charge on any atom is 0.0969 e. The van der Waals surface area contributed by atoms with Crippen molar-refractivity contribution in [1.82, 2.24) is 20.3 Å². The second kappa shape index (κ2) is 8.42. The number of benzene rings is 1. The molecule has 6 nitrogen and oxygen atoms in total. The highest BCUT2D eigenvalue weighted by atomic mass is 16.5. The van der Waals surface area contributed by atoms with E-state index in [1.165, 1.54) is 0 Å². The van der Waals surface area contributed by atoms with Crippen molar-refractivity contribution in [3.05, 3.63) is 42.2 Å². The largest absolute Gasteiger partial charge is 0.382 e. The summed E-state index contributed by atoms with van der Waals surface area (Å²) in [6, 6.07) is 9.85. The normalized spacial score (nSPS) is 10.8. The van der Waals surface area contributed by atoms with Crippen LogP contribution in [0, 0.1) is 0 Å². The van der Waals surface area contributed by atoms with Crippen LogP contribution in [0.25, 0.3) is 5.69 Å². The number of nitrogens with zero attached hydrogens (tertiary/aromatic N) is 3. The molecule has 6 heteroatoms. The van der Waals surface area contributed by atoms with Gasteiger partial charge >= 0.3 is 0 Å². The van der Waals surface area contributed by atoms with Gasteiger partial charge in [-0.15, -0.1) is 0 Å². The zero-order chi connectivity index (χ0) is 14.0. The molecule has 1 aromatic heterocycles. The van der Waals surface area contributed by atoms with Gasteiger partial charge in [-0.25, -0.2) is 0 Å². The lowest BCUT2D eigenvalue weighted by atomic mass is 10.3. The number of hydrogen-bond acceptors (Lipinski definition) is 5. The SMILES string of the molecule is COCCOCCNCc1cnn(-c2ccccc2)n1. The average Bonchev–Trinajstić information content (AvgIpc) is 2.96. The Morgan fingerprint density at radius 1 is 1.15 bits per heavy atom. The van der Waals surface area contributed by atoms with Crippen molar-refractivity contribution in [2.75, 3.05) is 33.5 Å². The van der Waals surface area contributed by atoms with Crippen LogP contribution in [-0.4, -0.2) is 48.5 Å². The van der Waals surface area contributed by atoms with Crippen molar-refractivity contribution in [3.63, 3.8) is 0 Å². The van der Waals surface area contributed by atoms with Crippen LogP contribution in [0.2, 0.25) is 0 Å². The molecule has 0 amide bonds. The Morgan fingerprint density at radius 3 is 2.80 bits per heavy atom. The van der Waals surface area contributed by atoms with Crippen LogP contribution in [0.5, 0.6) is 0 Å². The first-order valence-corrected chi connectivity index (χ1v) is 6.64. The molecule has 0 radical (unpaired) electrons. The van der Waals surface area contributed by atoms with Crippen LogP contribution in [0.4, 0.5) is 0 Å². The van der Waals surface area contributed by atoms with E-state index in [1.807, 2.05) is 30.3 Å². The van der Waals surface area contributed by atoms with Gasteiger partial charge in [-0.05, 0) is 12.1 Å². The fourth-order valence-corrected chi connectivity index (χ4v) is 1.67. The molecule has 0 saturated carbocycles. The molecule has 0 fully saturated rings. The van der Waals surface area contributed by atoms with Crippen LogP contribution >= 0.6 is 0 Å². The molecule has 2 rings (SSSR count). The fraction of sp³-hybridized carbons (Fsp3) is 0.429. The van der Waals surface area contributed by atoms with E-state index < -0.39 is 0 Å². The van der Waals surface area contributed by atoms with Crippen molar-refractivity contribution in [1.29, 1.82) is 0 Å². The smallest absolute Gasteiger partial charge is 0.0969 e. The first kappa shape index (κ1) is 14.6. The number of aromatic nitrogens is 3. The molecule has 108 valence electrons. The zero-order valence-corrected chi connectivity index (χ0v) is 11.7. The van der Waals surface area contributed by atoms with Crippen LogP contribution < -0.4 is 5.32 Å². The van der Waals surface area contributed by atoms with Gasteiger partial charge in [-0.3, -0.25) is 0 Å². The Labute approximate surface area is 118 Å².